The van der Waals surface area contributed by atoms with E-state index in [1.165, 1.54) is 107 Å². The molecule has 0 spiro atoms. The molecule has 4 N–H and O–H groups in total. The molecule has 0 unspecified atom stereocenters. The van der Waals surface area contributed by atoms with Crippen LogP contribution in [0.2, 0.25) is 0 Å². The highest BCUT2D eigenvalue weighted by atomic mass is 32.2. The van der Waals surface area contributed by atoms with Gasteiger partial charge in [0.05, 0.1) is 0 Å². The van der Waals surface area contributed by atoms with E-state index in [1.54, 1.807) is 11.0 Å². The Hall–Kier alpha value is -1.89. The Bertz CT molecular complexity index is 729. The number of rotatable bonds is 22. The number of carbonyl (C=O) groups excluding carboxylic acids is 2. The molecule has 0 heterocycles. The van der Waals surface area contributed by atoms with Gasteiger partial charge in [-0.1, -0.05) is 103 Å². The molecule has 1 aromatic carbocycles. The molecular weight excluding hydrogens is 472 g/mol. The minimum Gasteiger partial charge on any atom is -0.504 e. The average Bonchev–Trinajstić information content (AvgIpc) is 2.86. The van der Waals surface area contributed by atoms with Crippen molar-refractivity contribution in [1.29, 1.82) is 0 Å². The van der Waals surface area contributed by atoms with Crippen LogP contribution in [-0.4, -0.2) is 45.8 Å². The van der Waals surface area contributed by atoms with Gasteiger partial charge < -0.3 is 20.8 Å². The topological polar surface area (TPSA) is 104 Å². The summed E-state index contributed by atoms with van der Waals surface area (Å²) in [6.45, 7) is 3.31. The van der Waals surface area contributed by atoms with Crippen LogP contribution >= 0.6 is 11.8 Å². The van der Waals surface area contributed by atoms with Crippen LogP contribution in [0.4, 0.5) is 0 Å². The Balaban J connectivity index is 2.06. The molecule has 2 amide bonds. The maximum absolute atomic E-state index is 12.2. The van der Waals surface area contributed by atoms with Gasteiger partial charge in [0.25, 0.3) is 0 Å². The molecule has 0 radical (unpaired) electrons. The molecule has 0 bridgehead atoms. The molecule has 206 valence electrons. The van der Waals surface area contributed by atoms with Crippen molar-refractivity contribution in [2.24, 2.45) is 5.73 Å². The maximum atomic E-state index is 12.2. The lowest BCUT2D eigenvalue weighted by molar-refractivity contribution is -0.144. The van der Waals surface area contributed by atoms with E-state index >= 15 is 0 Å². The van der Waals surface area contributed by atoms with Crippen molar-refractivity contribution in [1.82, 2.24) is 4.90 Å². The Morgan fingerprint density at radius 3 is 1.67 bits per heavy atom. The zero-order valence-corrected chi connectivity index (χ0v) is 23.3. The fourth-order valence-electron chi connectivity index (χ4n) is 4.36. The zero-order chi connectivity index (χ0) is 26.4. The highest BCUT2D eigenvalue weighted by Gasteiger charge is 2.18. The average molecular weight is 523 g/mol. The number of unbranched alkanes of at least 4 members (excludes halogenated alkanes) is 15. The molecule has 0 saturated carbocycles. The van der Waals surface area contributed by atoms with Gasteiger partial charge in [0, 0.05) is 18.0 Å². The number of aromatic hydroxyl groups is 2. The van der Waals surface area contributed by atoms with Gasteiger partial charge in [-0.2, -0.15) is 0 Å². The normalized spacial score (nSPS) is 11.0. The first-order chi connectivity index (χ1) is 17.5. The van der Waals surface area contributed by atoms with Crippen LogP contribution in [0.25, 0.3) is 0 Å². The molecule has 0 saturated heterocycles. The minimum absolute atomic E-state index is 0.142. The van der Waals surface area contributed by atoms with Crippen LogP contribution in [0.3, 0.4) is 0 Å². The van der Waals surface area contributed by atoms with Gasteiger partial charge in [0.2, 0.25) is 0 Å². The number of thioether (sulfide) groups is 1. The molecule has 0 fully saturated rings. The molecule has 6 nitrogen and oxygen atoms in total. The number of nitrogens with zero attached hydrogens (tertiary/aromatic N) is 1. The second kappa shape index (κ2) is 21.2. The largest absolute Gasteiger partial charge is 0.504 e. The first-order valence-electron chi connectivity index (χ1n) is 14.2. The summed E-state index contributed by atoms with van der Waals surface area (Å²) in [6, 6.07) is 4.71. The lowest BCUT2D eigenvalue weighted by Crippen LogP contribution is -2.41. The molecular formula is C29H50N2O4S. The van der Waals surface area contributed by atoms with Gasteiger partial charge in [0.1, 0.15) is 0 Å². The van der Waals surface area contributed by atoms with Gasteiger partial charge in [0.15, 0.2) is 11.5 Å². The molecule has 1 aromatic rings. The summed E-state index contributed by atoms with van der Waals surface area (Å²) >= 11 is 1.53. The van der Waals surface area contributed by atoms with Crippen LogP contribution < -0.4 is 5.73 Å². The highest BCUT2D eigenvalue weighted by molar-refractivity contribution is 7.99. The molecule has 7 heteroatoms. The second-order valence-corrected chi connectivity index (χ2v) is 11.0. The summed E-state index contributed by atoms with van der Waals surface area (Å²) in [5.74, 6) is -1.07. The van der Waals surface area contributed by atoms with Gasteiger partial charge in [-0.05, 0) is 36.8 Å². The summed E-state index contributed by atoms with van der Waals surface area (Å²) in [5.41, 5.74) is 5.24. The third-order valence-electron chi connectivity index (χ3n) is 6.57. The summed E-state index contributed by atoms with van der Waals surface area (Å²) in [7, 11) is 0. The fourth-order valence-corrected chi connectivity index (χ4v) is 5.23. The lowest BCUT2D eigenvalue weighted by atomic mass is 10.0. The number of phenolic OH excluding ortho intramolecular Hbond substituents is 2. The van der Waals surface area contributed by atoms with E-state index in [1.807, 2.05) is 0 Å². The van der Waals surface area contributed by atoms with Crippen LogP contribution in [0, 0.1) is 0 Å². The number of primary amides is 1. The number of amides is 2. The van der Waals surface area contributed by atoms with Gasteiger partial charge >= 0.3 is 11.8 Å². The van der Waals surface area contributed by atoms with Crippen molar-refractivity contribution >= 4 is 23.6 Å². The predicted molar refractivity (Wildman–Crippen MR) is 150 cm³/mol. The summed E-state index contributed by atoms with van der Waals surface area (Å²) < 4.78 is 0. The van der Waals surface area contributed by atoms with Crippen LogP contribution in [0.15, 0.2) is 23.1 Å². The number of hydrogen-bond donors (Lipinski definition) is 3. The molecule has 0 aromatic heterocycles. The van der Waals surface area contributed by atoms with Crippen molar-refractivity contribution < 1.29 is 19.8 Å². The van der Waals surface area contributed by atoms with Crippen molar-refractivity contribution in [3.8, 4) is 11.5 Å². The molecule has 1 rings (SSSR count). The number of benzene rings is 1. The number of hydrogen-bond acceptors (Lipinski definition) is 5. The van der Waals surface area contributed by atoms with Crippen LogP contribution in [-0.2, 0) is 9.59 Å². The molecule has 36 heavy (non-hydrogen) atoms. The number of nitrogens with two attached hydrogens (primary N) is 1. The Kier molecular flexibility index (Phi) is 18.9. The third kappa shape index (κ3) is 16.0. The minimum atomic E-state index is -0.900. The second-order valence-electron chi connectivity index (χ2n) is 9.81. The van der Waals surface area contributed by atoms with E-state index in [0.29, 0.717) is 19.5 Å². The first kappa shape index (κ1) is 32.1. The molecule has 0 aliphatic carbocycles. The monoisotopic (exact) mass is 522 g/mol. The van der Waals surface area contributed by atoms with E-state index in [0.717, 1.165) is 29.9 Å². The third-order valence-corrected chi connectivity index (χ3v) is 7.65. The van der Waals surface area contributed by atoms with E-state index in [9.17, 15) is 19.8 Å². The van der Waals surface area contributed by atoms with E-state index in [4.69, 9.17) is 5.73 Å². The summed E-state index contributed by atoms with van der Waals surface area (Å²) in [4.78, 5) is 26.0. The van der Waals surface area contributed by atoms with Crippen LogP contribution in [0.1, 0.15) is 116 Å². The Morgan fingerprint density at radius 1 is 0.722 bits per heavy atom. The predicted octanol–water partition coefficient (Wildman–Crippen LogP) is 7.16. The molecule has 0 aliphatic rings. The molecule has 0 aliphatic heterocycles. The van der Waals surface area contributed by atoms with E-state index < -0.39 is 11.8 Å². The Labute approximate surface area is 223 Å². The smallest absolute Gasteiger partial charge is 0.311 e. The molecule has 0 atom stereocenters. The standard InChI is InChI=1S/C29H50N2O4S/c1-2-3-4-5-6-7-8-9-10-11-12-13-14-15-16-17-21-31(29(35)28(30)34)22-18-23-36-25-19-20-26(32)27(33)24-25/h19-20,24,32-33H,2-18,21-23H2,1H3,(H2,30,34). The number of carbonyl (C=O) groups is 2. The lowest BCUT2D eigenvalue weighted by Gasteiger charge is -2.21. The number of phenols is 2. The van der Waals surface area contributed by atoms with Gasteiger partial charge in [-0.15, -0.1) is 11.8 Å². The van der Waals surface area contributed by atoms with Crippen LogP contribution in [0.5, 0.6) is 11.5 Å². The fraction of sp³-hybridized carbons (Fsp3) is 0.724. The van der Waals surface area contributed by atoms with Crippen molar-refractivity contribution in [2.45, 2.75) is 121 Å². The summed E-state index contributed by atoms with van der Waals surface area (Å²) in [6.07, 6.45) is 21.5. The zero-order valence-electron chi connectivity index (χ0n) is 22.5. The van der Waals surface area contributed by atoms with Gasteiger partial charge in [-0.25, -0.2) is 0 Å². The SMILES string of the molecule is CCCCCCCCCCCCCCCCCCN(CCCSc1ccc(O)c(O)c1)C(=O)C(N)=O. The van der Waals surface area contributed by atoms with Gasteiger partial charge in [-0.3, -0.25) is 9.59 Å². The van der Waals surface area contributed by atoms with Crippen molar-refractivity contribution in [3.63, 3.8) is 0 Å². The summed E-state index contributed by atoms with van der Waals surface area (Å²) in [5, 5.41) is 19.0. The van der Waals surface area contributed by atoms with E-state index in [2.05, 4.69) is 6.92 Å². The first-order valence-corrected chi connectivity index (χ1v) is 15.2. The maximum Gasteiger partial charge on any atom is 0.311 e. The van der Waals surface area contributed by atoms with Crippen molar-refractivity contribution in [3.05, 3.63) is 18.2 Å². The Morgan fingerprint density at radius 2 is 1.19 bits per heavy atom. The quantitative estimate of drug-likeness (QED) is 0.0649. The highest BCUT2D eigenvalue weighted by Crippen LogP contribution is 2.30. The van der Waals surface area contributed by atoms with E-state index in [-0.39, 0.29) is 11.5 Å². The van der Waals surface area contributed by atoms with Crippen molar-refractivity contribution in [2.75, 3.05) is 18.8 Å².